The van der Waals surface area contributed by atoms with Crippen molar-refractivity contribution in [1.29, 1.82) is 5.26 Å². The largest absolute Gasteiger partial charge is 0.371 e. The molecule has 0 radical (unpaired) electrons. The van der Waals surface area contributed by atoms with E-state index in [9.17, 15) is 28.7 Å². The van der Waals surface area contributed by atoms with Crippen molar-refractivity contribution >= 4 is 40.8 Å². The van der Waals surface area contributed by atoms with Gasteiger partial charge < -0.3 is 19.8 Å². The molecule has 1 fully saturated rings. The van der Waals surface area contributed by atoms with E-state index in [-0.39, 0.29) is 58.8 Å². The normalized spacial score (nSPS) is 15.0. The van der Waals surface area contributed by atoms with E-state index in [1.807, 2.05) is 0 Å². The number of carbonyl (C=O) groups is 2. The highest BCUT2D eigenvalue weighted by Crippen LogP contribution is 2.35. The van der Waals surface area contributed by atoms with Crippen molar-refractivity contribution in [3.8, 4) is 17.2 Å². The van der Waals surface area contributed by atoms with Gasteiger partial charge in [-0.05, 0) is 29.3 Å². The van der Waals surface area contributed by atoms with Gasteiger partial charge in [0, 0.05) is 52.0 Å². The number of anilines is 1. The quantitative estimate of drug-likeness (QED) is 0.458. The Hall–Kier alpha value is -3.78. The number of hydrogen-bond acceptors (Lipinski definition) is 6. The van der Waals surface area contributed by atoms with Crippen LogP contribution >= 0.6 is 23.2 Å². The number of amides is 2. The average molecular weight is 588 g/mol. The molecule has 3 aromatic rings. The maximum Gasteiger partial charge on any atom is 0.280 e. The van der Waals surface area contributed by atoms with Crippen molar-refractivity contribution in [1.82, 2.24) is 14.8 Å². The second-order valence-corrected chi connectivity index (χ2v) is 10.2. The summed E-state index contributed by atoms with van der Waals surface area (Å²) >= 11 is 12.7. The molecule has 1 saturated heterocycles. The van der Waals surface area contributed by atoms with Crippen LogP contribution in [-0.4, -0.2) is 78.4 Å². The molecule has 1 N–H and O–H groups in total. The molecule has 1 aliphatic heterocycles. The maximum absolute atomic E-state index is 14.0. The number of carbonyl (C=O) groups excluding carboxylic acids is 2. The zero-order valence-corrected chi connectivity index (χ0v) is 23.1. The molecule has 1 aliphatic rings. The fourth-order valence-electron chi connectivity index (χ4n) is 4.51. The van der Waals surface area contributed by atoms with Crippen LogP contribution < -0.4 is 4.90 Å². The molecule has 40 heavy (non-hydrogen) atoms. The van der Waals surface area contributed by atoms with E-state index >= 15 is 0 Å². The lowest BCUT2D eigenvalue weighted by atomic mass is 9.92. The first-order valence-corrected chi connectivity index (χ1v) is 13.0. The van der Waals surface area contributed by atoms with Crippen LogP contribution in [0.4, 0.5) is 14.6 Å². The van der Waals surface area contributed by atoms with Crippen molar-refractivity contribution in [3.05, 3.63) is 81.5 Å². The van der Waals surface area contributed by atoms with Gasteiger partial charge in [-0.3, -0.25) is 9.59 Å². The minimum absolute atomic E-state index is 0.0432. The summed E-state index contributed by atoms with van der Waals surface area (Å²) in [5.41, 5.74) is -1.63. The van der Waals surface area contributed by atoms with Gasteiger partial charge in [-0.2, -0.15) is 5.26 Å². The summed E-state index contributed by atoms with van der Waals surface area (Å²) in [5, 5.41) is 20.9. The number of aromatic nitrogens is 1. The molecule has 0 aliphatic carbocycles. The smallest absolute Gasteiger partial charge is 0.280 e. The third-order valence-corrected chi connectivity index (χ3v) is 7.30. The van der Waals surface area contributed by atoms with E-state index in [1.54, 1.807) is 43.3 Å². The molecule has 1 aromatic heterocycles. The number of benzene rings is 2. The minimum Gasteiger partial charge on any atom is -0.371 e. The Morgan fingerprint density at radius 2 is 1.65 bits per heavy atom. The number of piperazine rings is 1. The summed E-state index contributed by atoms with van der Waals surface area (Å²) in [7, 11) is 3.17. The van der Waals surface area contributed by atoms with Gasteiger partial charge in [-0.15, -0.1) is 0 Å². The van der Waals surface area contributed by atoms with Crippen molar-refractivity contribution in [3.63, 3.8) is 0 Å². The lowest BCUT2D eigenvalue weighted by Gasteiger charge is -2.39. The molecular formula is C28H25Cl2F2N5O3. The molecule has 1 atom stereocenters. The van der Waals surface area contributed by atoms with Crippen LogP contribution in [0.25, 0.3) is 11.1 Å². The van der Waals surface area contributed by atoms with Gasteiger partial charge in [0.1, 0.15) is 11.9 Å². The third kappa shape index (κ3) is 5.45. The number of pyridine rings is 1. The fraction of sp³-hybridized carbons (Fsp3) is 0.286. The van der Waals surface area contributed by atoms with Crippen molar-refractivity contribution < 1.29 is 23.5 Å². The van der Waals surface area contributed by atoms with Crippen LogP contribution in [0.2, 0.25) is 10.0 Å². The van der Waals surface area contributed by atoms with Crippen molar-refractivity contribution in [2.75, 3.05) is 45.2 Å². The van der Waals surface area contributed by atoms with Crippen LogP contribution in [0.15, 0.2) is 54.7 Å². The number of nitriles is 1. The highest BCUT2D eigenvalue weighted by atomic mass is 35.5. The topological polar surface area (TPSA) is 101 Å². The highest BCUT2D eigenvalue weighted by molar-refractivity contribution is 6.40. The second kappa shape index (κ2) is 11.8. The number of hydrogen-bond donors (Lipinski definition) is 1. The van der Waals surface area contributed by atoms with Crippen LogP contribution in [0.5, 0.6) is 0 Å². The van der Waals surface area contributed by atoms with E-state index in [1.165, 1.54) is 40.3 Å². The van der Waals surface area contributed by atoms with E-state index in [0.29, 0.717) is 16.9 Å². The number of aliphatic hydroxyl groups is 1. The van der Waals surface area contributed by atoms with E-state index in [4.69, 9.17) is 23.2 Å². The lowest BCUT2D eigenvalue weighted by molar-refractivity contribution is -0.172. The molecule has 2 amide bonds. The summed E-state index contributed by atoms with van der Waals surface area (Å²) in [6.45, 7) is 0.503. The summed E-state index contributed by atoms with van der Waals surface area (Å²) in [4.78, 5) is 34.2. The summed E-state index contributed by atoms with van der Waals surface area (Å²) in [6.07, 6.45) is -1.79. The van der Waals surface area contributed by atoms with Crippen LogP contribution in [-0.2, 0) is 10.4 Å². The molecule has 0 saturated carbocycles. The predicted molar refractivity (Wildman–Crippen MR) is 148 cm³/mol. The van der Waals surface area contributed by atoms with Crippen molar-refractivity contribution in [2.24, 2.45) is 0 Å². The zero-order chi connectivity index (χ0) is 29.2. The fourth-order valence-corrected chi connectivity index (χ4v) is 5.16. The van der Waals surface area contributed by atoms with Crippen LogP contribution in [0, 0.1) is 11.3 Å². The monoisotopic (exact) mass is 587 g/mol. The zero-order valence-electron chi connectivity index (χ0n) is 21.6. The average Bonchev–Trinajstić information content (AvgIpc) is 2.95. The minimum atomic E-state index is -3.32. The first kappa shape index (κ1) is 29.2. The van der Waals surface area contributed by atoms with Gasteiger partial charge >= 0.3 is 0 Å². The van der Waals surface area contributed by atoms with Gasteiger partial charge in [-0.25, -0.2) is 13.8 Å². The Kier molecular flexibility index (Phi) is 8.59. The lowest BCUT2D eigenvalue weighted by Crippen LogP contribution is -2.57. The molecule has 2 heterocycles. The van der Waals surface area contributed by atoms with E-state index in [2.05, 4.69) is 11.1 Å². The Morgan fingerprint density at radius 1 is 1.05 bits per heavy atom. The van der Waals surface area contributed by atoms with Crippen molar-refractivity contribution in [2.45, 2.75) is 12.0 Å². The summed E-state index contributed by atoms with van der Waals surface area (Å²) in [6, 6.07) is 14.0. The predicted octanol–water partition coefficient (Wildman–Crippen LogP) is 4.43. The van der Waals surface area contributed by atoms with E-state index < -0.39 is 17.9 Å². The van der Waals surface area contributed by atoms with Gasteiger partial charge in [0.15, 0.2) is 0 Å². The SMILES string of the molecule is CN(C)C(=O)c1c(Cl)cc(-c2cnc(N3CCN(C(=O)[C@](O)(c4ccccc4)C(F)F)CC3)c(C#N)c2)cc1Cl. The van der Waals surface area contributed by atoms with Gasteiger partial charge in [0.25, 0.3) is 18.2 Å². The Bertz CT molecular complexity index is 1450. The number of alkyl halides is 2. The first-order chi connectivity index (χ1) is 19.0. The Balaban J connectivity index is 1.54. The summed E-state index contributed by atoms with van der Waals surface area (Å²) in [5.74, 6) is -1.06. The molecular weight excluding hydrogens is 563 g/mol. The second-order valence-electron chi connectivity index (χ2n) is 9.43. The molecule has 0 spiro atoms. The molecule has 4 rings (SSSR count). The molecule has 12 heteroatoms. The Morgan fingerprint density at radius 3 is 2.17 bits per heavy atom. The first-order valence-electron chi connectivity index (χ1n) is 12.2. The molecule has 2 aromatic carbocycles. The van der Waals surface area contributed by atoms with Gasteiger partial charge in [0.05, 0.1) is 21.2 Å². The molecule has 8 nitrogen and oxygen atoms in total. The molecule has 208 valence electrons. The summed E-state index contributed by atoms with van der Waals surface area (Å²) < 4.78 is 27.9. The highest BCUT2D eigenvalue weighted by Gasteiger charge is 2.49. The number of nitrogens with zero attached hydrogens (tertiary/aromatic N) is 5. The standard InChI is InChI=1S/C28H25Cl2F2N5O3/c1-35(2)25(38)23-21(29)13-17(14-22(23)30)19-12-18(15-33)24(34-16-19)36-8-10-37(11-9-36)27(39)28(40,26(31)32)20-6-4-3-5-7-20/h3-7,12-14,16,26,40H,8-11H2,1-2H3/t28-/m0/s1. The van der Waals surface area contributed by atoms with E-state index in [0.717, 1.165) is 0 Å². The van der Waals surface area contributed by atoms with Gasteiger partial charge in [-0.1, -0.05) is 53.5 Å². The van der Waals surface area contributed by atoms with Crippen LogP contribution in [0.1, 0.15) is 21.5 Å². The third-order valence-electron chi connectivity index (χ3n) is 6.70. The van der Waals surface area contributed by atoms with Gasteiger partial charge in [0.2, 0.25) is 5.60 Å². The van der Waals surface area contributed by atoms with Crippen LogP contribution in [0.3, 0.4) is 0 Å². The number of rotatable bonds is 6. The Labute approximate surface area is 240 Å². The molecule has 0 bridgehead atoms. The maximum atomic E-state index is 14.0. The number of halogens is 4. The molecule has 0 unspecified atom stereocenters.